The molecule has 4 nitrogen and oxygen atoms in total. The van der Waals surface area contributed by atoms with Crippen LogP contribution in [0.25, 0.3) is 0 Å². The molecule has 0 spiro atoms. The number of carbonyl (C=O) groups excluding carboxylic acids is 1. The Labute approximate surface area is 160 Å². The van der Waals surface area contributed by atoms with Gasteiger partial charge in [0.05, 0.1) is 0 Å². The van der Waals surface area contributed by atoms with E-state index < -0.39 is 6.10 Å². The Morgan fingerprint density at radius 3 is 2.27 bits per heavy atom. The van der Waals surface area contributed by atoms with Gasteiger partial charge in [-0.3, -0.25) is 4.79 Å². The quantitative estimate of drug-likeness (QED) is 0.806. The van der Waals surface area contributed by atoms with Crippen LogP contribution >= 0.6 is 11.6 Å². The van der Waals surface area contributed by atoms with E-state index >= 15 is 0 Å². The first-order valence-corrected chi connectivity index (χ1v) is 9.41. The summed E-state index contributed by atoms with van der Waals surface area (Å²) in [6.45, 7) is 7.81. The third-order valence-electron chi connectivity index (χ3n) is 4.70. The fourth-order valence-electron chi connectivity index (χ4n) is 3.21. The summed E-state index contributed by atoms with van der Waals surface area (Å²) in [5.41, 5.74) is 3.85. The predicted octanol–water partition coefficient (Wildman–Crippen LogP) is 4.96. The molecule has 0 aromatic heterocycles. The van der Waals surface area contributed by atoms with Crippen molar-refractivity contribution in [3.05, 3.63) is 52.5 Å². The van der Waals surface area contributed by atoms with Crippen LogP contribution < -0.4 is 15.0 Å². The highest BCUT2D eigenvalue weighted by Crippen LogP contribution is 2.27. The number of hydrogen-bond donors (Lipinski definition) is 1. The molecule has 1 N–H and O–H groups in total. The number of hydrogen-bond acceptors (Lipinski definition) is 3. The number of ether oxygens (including phenoxy) is 1. The molecule has 138 valence electrons. The van der Waals surface area contributed by atoms with E-state index in [-0.39, 0.29) is 5.91 Å². The molecule has 0 bridgehead atoms. The molecule has 2 aromatic rings. The Kier molecular flexibility index (Phi) is 5.72. The van der Waals surface area contributed by atoms with Gasteiger partial charge in [0.25, 0.3) is 5.91 Å². The summed E-state index contributed by atoms with van der Waals surface area (Å²) in [7, 11) is 0. The fraction of sp³-hybridized carbons (Fsp3) is 0.381. The Morgan fingerprint density at radius 2 is 1.69 bits per heavy atom. The van der Waals surface area contributed by atoms with Gasteiger partial charge in [0.2, 0.25) is 0 Å². The zero-order valence-electron chi connectivity index (χ0n) is 15.5. The van der Waals surface area contributed by atoms with Gasteiger partial charge in [0.1, 0.15) is 5.75 Å². The minimum atomic E-state index is -0.603. The zero-order chi connectivity index (χ0) is 18.7. The summed E-state index contributed by atoms with van der Waals surface area (Å²) >= 11 is 6.18. The van der Waals surface area contributed by atoms with Crippen molar-refractivity contribution < 1.29 is 9.53 Å². The number of nitrogens with one attached hydrogen (secondary N) is 1. The maximum Gasteiger partial charge on any atom is 0.265 e. The molecule has 3 rings (SSSR count). The van der Waals surface area contributed by atoms with E-state index in [0.717, 1.165) is 34.9 Å². The minimum Gasteiger partial charge on any atom is -0.481 e. The maximum absolute atomic E-state index is 12.4. The summed E-state index contributed by atoms with van der Waals surface area (Å²) in [5.74, 6) is 0.473. The molecule has 1 aliphatic heterocycles. The Morgan fingerprint density at radius 1 is 1.12 bits per heavy atom. The molecule has 1 saturated heterocycles. The van der Waals surface area contributed by atoms with Crippen molar-refractivity contribution in [1.29, 1.82) is 0 Å². The lowest BCUT2D eigenvalue weighted by Gasteiger charge is -2.19. The number of benzene rings is 2. The van der Waals surface area contributed by atoms with E-state index in [9.17, 15) is 4.79 Å². The second-order valence-electron chi connectivity index (χ2n) is 6.86. The van der Waals surface area contributed by atoms with Crippen LogP contribution in [0.5, 0.6) is 5.75 Å². The number of halogens is 1. The van der Waals surface area contributed by atoms with Gasteiger partial charge in [-0.25, -0.2) is 0 Å². The molecular weight excluding hydrogens is 348 g/mol. The molecule has 5 heteroatoms. The molecule has 26 heavy (non-hydrogen) atoms. The molecule has 0 radical (unpaired) electrons. The Hall–Kier alpha value is -2.20. The van der Waals surface area contributed by atoms with Gasteiger partial charge in [-0.05, 0) is 81.1 Å². The topological polar surface area (TPSA) is 41.6 Å². The molecule has 1 fully saturated rings. The second-order valence-corrected chi connectivity index (χ2v) is 7.24. The lowest BCUT2D eigenvalue weighted by Crippen LogP contribution is -2.30. The highest BCUT2D eigenvalue weighted by molar-refractivity contribution is 6.32. The first-order chi connectivity index (χ1) is 12.4. The van der Waals surface area contributed by atoms with Crippen molar-refractivity contribution in [2.75, 3.05) is 23.3 Å². The van der Waals surface area contributed by atoms with Crippen LogP contribution in [0.4, 0.5) is 11.4 Å². The normalized spacial score (nSPS) is 15.0. The number of anilines is 2. The van der Waals surface area contributed by atoms with Crippen molar-refractivity contribution in [2.45, 2.75) is 39.7 Å². The first kappa shape index (κ1) is 18.6. The van der Waals surface area contributed by atoms with Crippen molar-refractivity contribution in [1.82, 2.24) is 0 Å². The largest absolute Gasteiger partial charge is 0.481 e. The summed E-state index contributed by atoms with van der Waals surface area (Å²) in [6.07, 6.45) is 1.89. The Balaban J connectivity index is 1.60. The molecule has 2 aromatic carbocycles. The monoisotopic (exact) mass is 372 g/mol. The van der Waals surface area contributed by atoms with Crippen LogP contribution in [0.2, 0.25) is 5.02 Å². The average Bonchev–Trinajstić information content (AvgIpc) is 3.15. The van der Waals surface area contributed by atoms with E-state index in [1.807, 2.05) is 38.1 Å². The highest BCUT2D eigenvalue weighted by Gasteiger charge is 2.17. The standard InChI is InChI=1S/C21H25ClN2O2/c1-14-12-19(13-15(2)20(14)22)26-16(3)21(25)23-17-6-8-18(9-7-17)24-10-4-5-11-24/h6-9,12-13,16H,4-5,10-11H2,1-3H3,(H,23,25)/t16-/m1/s1. The predicted molar refractivity (Wildman–Crippen MR) is 108 cm³/mol. The maximum atomic E-state index is 12.4. The summed E-state index contributed by atoms with van der Waals surface area (Å²) < 4.78 is 5.79. The minimum absolute atomic E-state index is 0.177. The summed E-state index contributed by atoms with van der Waals surface area (Å²) in [5, 5.41) is 3.64. The average molecular weight is 373 g/mol. The van der Waals surface area contributed by atoms with E-state index in [1.54, 1.807) is 6.92 Å². The number of aryl methyl sites for hydroxylation is 2. The van der Waals surface area contributed by atoms with Crippen molar-refractivity contribution in [2.24, 2.45) is 0 Å². The lowest BCUT2D eigenvalue weighted by molar-refractivity contribution is -0.122. The third kappa shape index (κ3) is 4.31. The van der Waals surface area contributed by atoms with Crippen LogP contribution in [-0.2, 0) is 4.79 Å². The molecule has 0 unspecified atom stereocenters. The molecule has 1 aliphatic rings. The molecule has 1 amide bonds. The lowest BCUT2D eigenvalue weighted by atomic mass is 10.1. The van der Waals surface area contributed by atoms with Gasteiger partial charge in [0.15, 0.2) is 6.10 Å². The number of amides is 1. The first-order valence-electron chi connectivity index (χ1n) is 9.03. The van der Waals surface area contributed by atoms with E-state index in [4.69, 9.17) is 16.3 Å². The third-order valence-corrected chi connectivity index (χ3v) is 5.29. The second kappa shape index (κ2) is 8.00. The van der Waals surface area contributed by atoms with Crippen molar-refractivity contribution >= 4 is 28.9 Å². The SMILES string of the molecule is Cc1cc(O[C@H](C)C(=O)Nc2ccc(N3CCCC3)cc2)cc(C)c1Cl. The zero-order valence-corrected chi connectivity index (χ0v) is 16.3. The van der Waals surface area contributed by atoms with Crippen LogP contribution in [0.15, 0.2) is 36.4 Å². The molecule has 0 saturated carbocycles. The molecule has 0 aliphatic carbocycles. The van der Waals surface area contributed by atoms with Gasteiger partial charge in [0, 0.05) is 29.5 Å². The van der Waals surface area contributed by atoms with E-state index in [1.165, 1.54) is 18.5 Å². The highest BCUT2D eigenvalue weighted by atomic mass is 35.5. The smallest absolute Gasteiger partial charge is 0.265 e. The van der Waals surface area contributed by atoms with Crippen molar-refractivity contribution in [3.8, 4) is 5.75 Å². The number of carbonyl (C=O) groups is 1. The van der Waals surface area contributed by atoms with Gasteiger partial charge in [-0.15, -0.1) is 0 Å². The number of nitrogens with zero attached hydrogens (tertiary/aromatic N) is 1. The molecule has 1 atom stereocenters. The summed E-state index contributed by atoms with van der Waals surface area (Å²) in [6, 6.07) is 11.7. The van der Waals surface area contributed by atoms with Crippen LogP contribution in [-0.4, -0.2) is 25.1 Å². The van der Waals surface area contributed by atoms with E-state index in [2.05, 4.69) is 22.3 Å². The van der Waals surface area contributed by atoms with Crippen LogP contribution in [0.1, 0.15) is 30.9 Å². The van der Waals surface area contributed by atoms with Gasteiger partial charge >= 0.3 is 0 Å². The summed E-state index contributed by atoms with van der Waals surface area (Å²) in [4.78, 5) is 14.8. The van der Waals surface area contributed by atoms with Gasteiger partial charge in [-0.2, -0.15) is 0 Å². The molecular formula is C21H25ClN2O2. The number of rotatable bonds is 5. The molecule has 1 heterocycles. The Bertz CT molecular complexity index is 760. The van der Waals surface area contributed by atoms with Gasteiger partial charge < -0.3 is 15.0 Å². The van der Waals surface area contributed by atoms with Crippen LogP contribution in [0.3, 0.4) is 0 Å². The van der Waals surface area contributed by atoms with Crippen LogP contribution in [0, 0.1) is 13.8 Å². The van der Waals surface area contributed by atoms with E-state index in [0.29, 0.717) is 5.75 Å². The van der Waals surface area contributed by atoms with Crippen molar-refractivity contribution in [3.63, 3.8) is 0 Å². The fourth-order valence-corrected chi connectivity index (χ4v) is 3.32. The van der Waals surface area contributed by atoms with Gasteiger partial charge in [-0.1, -0.05) is 11.6 Å².